The highest BCUT2D eigenvalue weighted by molar-refractivity contribution is 8.00. The number of pyridine rings is 1. The van der Waals surface area contributed by atoms with Gasteiger partial charge in [-0.25, -0.2) is 15.0 Å². The Bertz CT molecular complexity index is 1410. The van der Waals surface area contributed by atoms with Crippen molar-refractivity contribution in [3.8, 4) is 0 Å². The van der Waals surface area contributed by atoms with Crippen LogP contribution in [0.5, 0.6) is 0 Å². The second kappa shape index (κ2) is 9.84. The number of carbonyl (C=O) groups excluding carboxylic acids is 1. The molecule has 4 heterocycles. The number of thioether (sulfide) groups is 1. The summed E-state index contributed by atoms with van der Waals surface area (Å²) in [7, 11) is 0. The Hall–Kier alpha value is -2.55. The Kier molecular flexibility index (Phi) is 6.79. The average molecular weight is 507 g/mol. The van der Waals surface area contributed by atoms with Gasteiger partial charge in [-0.3, -0.25) is 4.79 Å². The third-order valence-electron chi connectivity index (χ3n) is 6.41. The number of para-hydroxylation sites is 1. The van der Waals surface area contributed by atoms with Gasteiger partial charge >= 0.3 is 0 Å². The first kappa shape index (κ1) is 24.2. The lowest BCUT2D eigenvalue weighted by molar-refractivity contribution is -0.113. The fourth-order valence-electron chi connectivity index (χ4n) is 4.54. The number of benzene rings is 1. The molecule has 1 N–H and O–H groups in total. The van der Waals surface area contributed by atoms with Crippen LogP contribution in [0, 0.1) is 6.92 Å². The topological polar surface area (TPSA) is 77.0 Å². The molecule has 6 nitrogen and oxygen atoms in total. The van der Waals surface area contributed by atoms with Crippen molar-refractivity contribution in [2.24, 2.45) is 0 Å². The molecule has 4 aromatic rings. The van der Waals surface area contributed by atoms with E-state index in [0.29, 0.717) is 6.61 Å². The summed E-state index contributed by atoms with van der Waals surface area (Å²) >= 11 is 3.09. The quantitative estimate of drug-likeness (QED) is 0.229. The predicted octanol–water partition coefficient (Wildman–Crippen LogP) is 6.47. The van der Waals surface area contributed by atoms with E-state index < -0.39 is 0 Å². The van der Waals surface area contributed by atoms with Gasteiger partial charge in [-0.15, -0.1) is 11.3 Å². The van der Waals surface area contributed by atoms with Crippen LogP contribution in [0.25, 0.3) is 20.4 Å². The molecule has 1 aliphatic heterocycles. The molecule has 0 unspecified atom stereocenters. The maximum absolute atomic E-state index is 12.7. The molecule has 8 heteroatoms. The molecule has 0 bridgehead atoms. The largest absolute Gasteiger partial charge is 0.370 e. The Balaban J connectivity index is 1.50. The highest BCUT2D eigenvalue weighted by atomic mass is 32.2. The second-order valence-electron chi connectivity index (χ2n) is 9.63. The number of amides is 1. The summed E-state index contributed by atoms with van der Waals surface area (Å²) in [5.74, 6) is 0.233. The number of anilines is 1. The van der Waals surface area contributed by atoms with Crippen LogP contribution in [0.3, 0.4) is 0 Å². The van der Waals surface area contributed by atoms with E-state index >= 15 is 0 Å². The highest BCUT2D eigenvalue weighted by Gasteiger charge is 2.31. The van der Waals surface area contributed by atoms with Crippen molar-refractivity contribution in [2.45, 2.75) is 70.6 Å². The molecule has 0 fully saturated rings. The van der Waals surface area contributed by atoms with Crippen LogP contribution in [0.1, 0.15) is 56.0 Å². The normalized spacial score (nSPS) is 14.9. The summed E-state index contributed by atoms with van der Waals surface area (Å²) < 4.78 is 7.18. The minimum atomic E-state index is -0.226. The molecule has 35 heavy (non-hydrogen) atoms. The summed E-state index contributed by atoms with van der Waals surface area (Å²) in [6, 6.07) is 7.80. The Labute approximate surface area is 213 Å². The number of fused-ring (bicyclic) bond motifs is 5. The molecule has 1 aliphatic rings. The number of nitrogens with one attached hydrogen (secondary N) is 1. The van der Waals surface area contributed by atoms with E-state index in [1.54, 1.807) is 17.7 Å². The number of aryl methyl sites for hydroxylation is 2. The van der Waals surface area contributed by atoms with E-state index in [4.69, 9.17) is 9.72 Å². The Morgan fingerprint density at radius 1 is 1.23 bits per heavy atom. The molecule has 0 saturated carbocycles. The molecule has 0 spiro atoms. The minimum Gasteiger partial charge on any atom is -0.370 e. The summed E-state index contributed by atoms with van der Waals surface area (Å²) in [5, 5.41) is 4.96. The fraction of sp³-hybridized carbons (Fsp3) is 0.407. The van der Waals surface area contributed by atoms with E-state index in [-0.39, 0.29) is 17.3 Å². The van der Waals surface area contributed by atoms with Gasteiger partial charge in [0.2, 0.25) is 5.91 Å². The molecule has 5 rings (SSSR count). The van der Waals surface area contributed by atoms with Gasteiger partial charge in [0.1, 0.15) is 16.2 Å². The van der Waals surface area contributed by atoms with Gasteiger partial charge in [-0.1, -0.05) is 43.3 Å². The first-order chi connectivity index (χ1) is 16.9. The fourth-order valence-corrected chi connectivity index (χ4v) is 6.59. The molecule has 0 radical (unpaired) electrons. The number of hydrogen-bond donors (Lipinski definition) is 1. The summed E-state index contributed by atoms with van der Waals surface area (Å²) in [6.45, 7) is 9.08. The molecular formula is C27H30N4O2S2. The maximum Gasteiger partial charge on any atom is 0.234 e. The molecule has 0 atom stereocenters. The monoisotopic (exact) mass is 506 g/mol. The first-order valence-corrected chi connectivity index (χ1v) is 13.9. The van der Waals surface area contributed by atoms with Crippen LogP contribution >= 0.6 is 23.1 Å². The van der Waals surface area contributed by atoms with Crippen LogP contribution in [0.4, 0.5) is 5.69 Å². The van der Waals surface area contributed by atoms with Crippen LogP contribution in [0.15, 0.2) is 35.6 Å². The van der Waals surface area contributed by atoms with Crippen molar-refractivity contribution in [3.05, 3.63) is 53.0 Å². The van der Waals surface area contributed by atoms with E-state index in [1.165, 1.54) is 22.9 Å². The summed E-state index contributed by atoms with van der Waals surface area (Å²) in [5.41, 5.74) is 6.29. The zero-order chi connectivity index (χ0) is 24.6. The zero-order valence-electron chi connectivity index (χ0n) is 20.6. The molecule has 3 aromatic heterocycles. The van der Waals surface area contributed by atoms with Crippen molar-refractivity contribution in [3.63, 3.8) is 0 Å². The zero-order valence-corrected chi connectivity index (χ0v) is 22.2. The Morgan fingerprint density at radius 3 is 2.86 bits per heavy atom. The van der Waals surface area contributed by atoms with E-state index in [1.807, 2.05) is 31.2 Å². The lowest BCUT2D eigenvalue weighted by Crippen LogP contribution is -2.32. The third-order valence-corrected chi connectivity index (χ3v) is 8.61. The van der Waals surface area contributed by atoms with Crippen LogP contribution in [-0.2, 0) is 29.0 Å². The van der Waals surface area contributed by atoms with E-state index in [0.717, 1.165) is 68.1 Å². The standard InChI is InChI=1S/C27H30N4O2S2/c1-5-6-10-20-18-13-33-27(3,4)12-17(18)22-23-24(35-25(22)31-20)26(29-15-28-23)34-14-21(32)30-19-11-8-7-9-16(19)2/h7-9,11,15H,5-6,10,12-14H2,1-4H3,(H,30,32). The van der Waals surface area contributed by atoms with Gasteiger partial charge in [0.25, 0.3) is 0 Å². The molecule has 1 aromatic carbocycles. The van der Waals surface area contributed by atoms with E-state index in [9.17, 15) is 4.79 Å². The van der Waals surface area contributed by atoms with Crippen molar-refractivity contribution in [2.75, 3.05) is 11.1 Å². The number of carbonyl (C=O) groups is 1. The van der Waals surface area contributed by atoms with Gasteiger partial charge in [-0.2, -0.15) is 0 Å². The number of thiophene rings is 1. The van der Waals surface area contributed by atoms with Crippen molar-refractivity contribution in [1.29, 1.82) is 0 Å². The number of hydrogen-bond acceptors (Lipinski definition) is 7. The predicted molar refractivity (Wildman–Crippen MR) is 144 cm³/mol. The van der Waals surface area contributed by atoms with Crippen molar-refractivity contribution < 1.29 is 9.53 Å². The van der Waals surface area contributed by atoms with Gasteiger partial charge in [0.05, 0.1) is 28.2 Å². The smallest absolute Gasteiger partial charge is 0.234 e. The van der Waals surface area contributed by atoms with Gasteiger partial charge in [0, 0.05) is 28.8 Å². The number of ether oxygens (including phenoxy) is 1. The van der Waals surface area contributed by atoms with Crippen LogP contribution in [-0.4, -0.2) is 32.2 Å². The number of unbranched alkanes of at least 4 members (excludes halogenated alkanes) is 1. The number of nitrogens with zero attached hydrogens (tertiary/aromatic N) is 3. The van der Waals surface area contributed by atoms with Gasteiger partial charge in [-0.05, 0) is 50.8 Å². The molecule has 1 amide bonds. The lowest BCUT2D eigenvalue weighted by Gasteiger charge is -2.33. The van der Waals surface area contributed by atoms with Gasteiger partial charge in [0.15, 0.2) is 0 Å². The maximum atomic E-state index is 12.7. The number of rotatable bonds is 7. The highest BCUT2D eigenvalue weighted by Crippen LogP contribution is 2.42. The van der Waals surface area contributed by atoms with Crippen LogP contribution < -0.4 is 5.32 Å². The molecule has 0 aliphatic carbocycles. The van der Waals surface area contributed by atoms with Crippen molar-refractivity contribution in [1.82, 2.24) is 15.0 Å². The summed E-state index contributed by atoms with van der Waals surface area (Å²) in [6.07, 6.45) is 5.63. The Morgan fingerprint density at radius 2 is 2.06 bits per heavy atom. The van der Waals surface area contributed by atoms with Gasteiger partial charge < -0.3 is 10.1 Å². The second-order valence-corrected chi connectivity index (χ2v) is 11.6. The molecule has 182 valence electrons. The average Bonchev–Trinajstić information content (AvgIpc) is 3.21. The first-order valence-electron chi connectivity index (χ1n) is 12.1. The molecular weight excluding hydrogens is 476 g/mol. The van der Waals surface area contributed by atoms with Crippen molar-refractivity contribution >= 4 is 55.1 Å². The molecule has 0 saturated heterocycles. The van der Waals surface area contributed by atoms with E-state index in [2.05, 4.69) is 36.1 Å². The summed E-state index contributed by atoms with van der Waals surface area (Å²) in [4.78, 5) is 28.0. The van der Waals surface area contributed by atoms with Crippen LogP contribution in [0.2, 0.25) is 0 Å². The number of aromatic nitrogens is 3. The SMILES string of the molecule is CCCCc1nc2sc3c(SCC(=O)Nc4ccccc4C)ncnc3c2c2c1COC(C)(C)C2. The third kappa shape index (κ3) is 4.92. The minimum absolute atomic E-state index is 0.0478. The lowest BCUT2D eigenvalue weighted by atomic mass is 9.88.